The highest BCUT2D eigenvalue weighted by Crippen LogP contribution is 2.25. The lowest BCUT2D eigenvalue weighted by molar-refractivity contribution is -0.123. The maximum Gasteiger partial charge on any atom is 0.234 e. The normalized spacial score (nSPS) is 25.7. The molecule has 0 aromatic carbocycles. The smallest absolute Gasteiger partial charge is 0.234 e. The SMILES string of the molecule is CC(C)C(C)NC(=O)CN(C)CC1CCCC1O. The number of hydrogen-bond acceptors (Lipinski definition) is 3. The second-order valence-electron chi connectivity index (χ2n) is 6.06. The molecular formula is C14H28N2O2. The van der Waals surface area contributed by atoms with Crippen molar-refractivity contribution >= 4 is 5.91 Å². The quantitative estimate of drug-likeness (QED) is 0.752. The molecule has 1 saturated carbocycles. The summed E-state index contributed by atoms with van der Waals surface area (Å²) < 4.78 is 0. The second-order valence-corrected chi connectivity index (χ2v) is 6.06. The van der Waals surface area contributed by atoms with Crippen LogP contribution >= 0.6 is 0 Å². The monoisotopic (exact) mass is 256 g/mol. The first-order chi connectivity index (χ1) is 8.40. The first-order valence-corrected chi connectivity index (χ1v) is 7.06. The van der Waals surface area contributed by atoms with Crippen molar-refractivity contribution in [1.29, 1.82) is 0 Å². The lowest BCUT2D eigenvalue weighted by atomic mass is 10.1. The molecule has 0 aromatic rings. The predicted octanol–water partition coefficient (Wildman–Crippen LogP) is 1.24. The summed E-state index contributed by atoms with van der Waals surface area (Å²) in [4.78, 5) is 13.8. The van der Waals surface area contributed by atoms with Crippen LogP contribution in [0.4, 0.5) is 0 Å². The van der Waals surface area contributed by atoms with Crippen molar-refractivity contribution in [2.24, 2.45) is 11.8 Å². The summed E-state index contributed by atoms with van der Waals surface area (Å²) in [6.07, 6.45) is 2.92. The van der Waals surface area contributed by atoms with Crippen molar-refractivity contribution in [3.8, 4) is 0 Å². The van der Waals surface area contributed by atoms with Crippen LogP contribution < -0.4 is 5.32 Å². The molecule has 0 bridgehead atoms. The third kappa shape index (κ3) is 4.94. The maximum atomic E-state index is 11.8. The summed E-state index contributed by atoms with van der Waals surface area (Å²) in [5.74, 6) is 0.868. The van der Waals surface area contributed by atoms with E-state index in [1.807, 2.05) is 18.9 Å². The Morgan fingerprint density at radius 3 is 2.56 bits per heavy atom. The minimum atomic E-state index is -0.176. The Kier molecular flexibility index (Phi) is 6.09. The van der Waals surface area contributed by atoms with E-state index < -0.39 is 0 Å². The molecular weight excluding hydrogens is 228 g/mol. The molecule has 0 aliphatic heterocycles. The number of nitrogens with one attached hydrogen (secondary N) is 1. The number of aliphatic hydroxyl groups excluding tert-OH is 1. The average molecular weight is 256 g/mol. The molecule has 1 fully saturated rings. The number of amides is 1. The molecule has 1 aliphatic rings. The molecule has 18 heavy (non-hydrogen) atoms. The van der Waals surface area contributed by atoms with Crippen LogP contribution in [0, 0.1) is 11.8 Å². The van der Waals surface area contributed by atoms with Crippen LogP contribution in [0.25, 0.3) is 0 Å². The van der Waals surface area contributed by atoms with Gasteiger partial charge >= 0.3 is 0 Å². The van der Waals surface area contributed by atoms with Crippen molar-refractivity contribution in [3.05, 3.63) is 0 Å². The van der Waals surface area contributed by atoms with Gasteiger partial charge < -0.3 is 10.4 Å². The fraction of sp³-hybridized carbons (Fsp3) is 0.929. The molecule has 3 atom stereocenters. The van der Waals surface area contributed by atoms with Gasteiger partial charge in [0, 0.05) is 12.6 Å². The Morgan fingerprint density at radius 1 is 1.39 bits per heavy atom. The van der Waals surface area contributed by atoms with Crippen LogP contribution in [0.5, 0.6) is 0 Å². The zero-order valence-electron chi connectivity index (χ0n) is 12.1. The molecule has 0 saturated heterocycles. The largest absolute Gasteiger partial charge is 0.393 e. The van der Waals surface area contributed by atoms with Gasteiger partial charge in [0.2, 0.25) is 5.91 Å². The lowest BCUT2D eigenvalue weighted by Crippen LogP contribution is -2.43. The molecule has 0 aromatic heterocycles. The van der Waals surface area contributed by atoms with Gasteiger partial charge in [-0.2, -0.15) is 0 Å². The number of nitrogens with zero attached hydrogens (tertiary/aromatic N) is 1. The Bertz CT molecular complexity index is 269. The van der Waals surface area contributed by atoms with Crippen molar-refractivity contribution in [1.82, 2.24) is 10.2 Å². The van der Waals surface area contributed by atoms with E-state index in [0.717, 1.165) is 25.8 Å². The minimum absolute atomic E-state index is 0.0752. The lowest BCUT2D eigenvalue weighted by Gasteiger charge is -2.24. The van der Waals surface area contributed by atoms with Gasteiger partial charge in [0.25, 0.3) is 0 Å². The van der Waals surface area contributed by atoms with Crippen LogP contribution in [0.15, 0.2) is 0 Å². The van der Waals surface area contributed by atoms with Gasteiger partial charge in [0.15, 0.2) is 0 Å². The van der Waals surface area contributed by atoms with Crippen molar-refractivity contribution < 1.29 is 9.90 Å². The van der Waals surface area contributed by atoms with Crippen LogP contribution in [0.1, 0.15) is 40.0 Å². The Morgan fingerprint density at radius 2 is 2.06 bits per heavy atom. The zero-order chi connectivity index (χ0) is 13.7. The van der Waals surface area contributed by atoms with E-state index in [1.165, 1.54) is 0 Å². The molecule has 106 valence electrons. The van der Waals surface area contributed by atoms with E-state index in [9.17, 15) is 9.90 Å². The van der Waals surface area contributed by atoms with Crippen molar-refractivity contribution in [3.63, 3.8) is 0 Å². The highest BCUT2D eigenvalue weighted by molar-refractivity contribution is 5.78. The Labute approximate surface area is 111 Å². The molecule has 4 heteroatoms. The topological polar surface area (TPSA) is 52.6 Å². The van der Waals surface area contributed by atoms with Gasteiger partial charge in [-0.3, -0.25) is 9.69 Å². The van der Waals surface area contributed by atoms with E-state index in [4.69, 9.17) is 0 Å². The van der Waals surface area contributed by atoms with E-state index >= 15 is 0 Å². The fourth-order valence-electron chi connectivity index (χ4n) is 2.41. The summed E-state index contributed by atoms with van der Waals surface area (Å²) >= 11 is 0. The summed E-state index contributed by atoms with van der Waals surface area (Å²) in [6, 6.07) is 0.211. The first kappa shape index (κ1) is 15.4. The highest BCUT2D eigenvalue weighted by Gasteiger charge is 2.26. The number of carbonyl (C=O) groups excluding carboxylic acids is 1. The van der Waals surface area contributed by atoms with Crippen molar-refractivity contribution in [2.75, 3.05) is 20.1 Å². The van der Waals surface area contributed by atoms with Gasteiger partial charge in [-0.25, -0.2) is 0 Å². The van der Waals surface area contributed by atoms with Crippen LogP contribution in [0.2, 0.25) is 0 Å². The van der Waals surface area contributed by atoms with Crippen LogP contribution in [-0.4, -0.2) is 48.2 Å². The summed E-state index contributed by atoms with van der Waals surface area (Å²) in [7, 11) is 1.95. The minimum Gasteiger partial charge on any atom is -0.393 e. The van der Waals surface area contributed by atoms with Crippen LogP contribution in [0.3, 0.4) is 0 Å². The van der Waals surface area contributed by atoms with Crippen LogP contribution in [-0.2, 0) is 4.79 Å². The van der Waals surface area contributed by atoms with E-state index in [1.54, 1.807) is 0 Å². The number of carbonyl (C=O) groups is 1. The summed E-state index contributed by atoms with van der Waals surface area (Å²) in [5.41, 5.74) is 0. The summed E-state index contributed by atoms with van der Waals surface area (Å²) in [5, 5.41) is 12.8. The average Bonchev–Trinajstić information content (AvgIpc) is 2.63. The molecule has 1 aliphatic carbocycles. The molecule has 3 unspecified atom stereocenters. The number of rotatable bonds is 6. The molecule has 1 amide bonds. The standard InChI is InChI=1S/C14H28N2O2/c1-10(2)11(3)15-14(18)9-16(4)8-12-6-5-7-13(12)17/h10-13,17H,5-9H2,1-4H3,(H,15,18). The molecule has 4 nitrogen and oxygen atoms in total. The van der Waals surface area contributed by atoms with E-state index in [-0.39, 0.29) is 18.1 Å². The Hall–Kier alpha value is -0.610. The van der Waals surface area contributed by atoms with Gasteiger partial charge in [0.1, 0.15) is 0 Å². The molecule has 0 radical (unpaired) electrons. The second kappa shape index (κ2) is 7.10. The van der Waals surface area contributed by atoms with Crippen molar-refractivity contribution in [2.45, 2.75) is 52.2 Å². The molecule has 0 spiro atoms. The van der Waals surface area contributed by atoms with Gasteiger partial charge in [-0.1, -0.05) is 20.3 Å². The number of hydrogen-bond donors (Lipinski definition) is 2. The summed E-state index contributed by atoms with van der Waals surface area (Å²) in [6.45, 7) is 7.46. The van der Waals surface area contributed by atoms with E-state index in [0.29, 0.717) is 18.4 Å². The molecule has 2 N–H and O–H groups in total. The fourth-order valence-corrected chi connectivity index (χ4v) is 2.41. The van der Waals surface area contributed by atoms with Gasteiger partial charge in [-0.15, -0.1) is 0 Å². The first-order valence-electron chi connectivity index (χ1n) is 7.06. The maximum absolute atomic E-state index is 11.8. The van der Waals surface area contributed by atoms with Gasteiger partial charge in [0.05, 0.1) is 12.6 Å². The zero-order valence-corrected chi connectivity index (χ0v) is 12.1. The predicted molar refractivity (Wildman–Crippen MR) is 73.3 cm³/mol. The Balaban J connectivity index is 2.26. The highest BCUT2D eigenvalue weighted by atomic mass is 16.3. The third-order valence-corrected chi connectivity index (χ3v) is 3.97. The van der Waals surface area contributed by atoms with E-state index in [2.05, 4.69) is 19.2 Å². The molecule has 1 rings (SSSR count). The third-order valence-electron chi connectivity index (χ3n) is 3.97. The van der Waals surface area contributed by atoms with Gasteiger partial charge in [-0.05, 0) is 38.6 Å². The molecule has 0 heterocycles. The number of aliphatic hydroxyl groups is 1. The number of likely N-dealkylation sites (N-methyl/N-ethyl adjacent to an activating group) is 1.